The molecule has 0 aliphatic carbocycles. The molecule has 0 radical (unpaired) electrons. The second-order valence-corrected chi connectivity index (χ2v) is 6.79. The third kappa shape index (κ3) is 5.17. The van der Waals surface area contributed by atoms with Crippen molar-refractivity contribution in [2.75, 3.05) is 11.6 Å². The zero-order valence-electron chi connectivity index (χ0n) is 16.1. The first kappa shape index (κ1) is 19.1. The maximum absolute atomic E-state index is 6.25. The molecule has 0 aliphatic heterocycles. The summed E-state index contributed by atoms with van der Waals surface area (Å²) in [5.74, 6) is 7.19. The SMILES string of the molecule is CCCC(CC)Oc1ccc(CCN(N)c2ccc3ncncc3c2)cc1. The highest BCUT2D eigenvalue weighted by molar-refractivity contribution is 5.81. The zero-order chi connectivity index (χ0) is 19.1. The number of hydrogen-bond donors (Lipinski definition) is 1. The molecule has 1 unspecified atom stereocenters. The number of fused-ring (bicyclic) bond motifs is 1. The first-order valence-corrected chi connectivity index (χ1v) is 9.67. The number of benzene rings is 2. The van der Waals surface area contributed by atoms with E-state index < -0.39 is 0 Å². The molecule has 3 rings (SSSR count). The zero-order valence-corrected chi connectivity index (χ0v) is 16.1. The maximum Gasteiger partial charge on any atom is 0.119 e. The highest BCUT2D eigenvalue weighted by Crippen LogP contribution is 2.20. The fraction of sp³-hybridized carbons (Fsp3) is 0.364. The molecule has 0 saturated carbocycles. The summed E-state index contributed by atoms with van der Waals surface area (Å²) in [5, 5.41) is 2.76. The van der Waals surface area contributed by atoms with Crippen LogP contribution in [0.1, 0.15) is 38.7 Å². The maximum atomic E-state index is 6.25. The minimum absolute atomic E-state index is 0.303. The molecule has 3 aromatic rings. The summed E-state index contributed by atoms with van der Waals surface area (Å²) in [6.45, 7) is 5.09. The van der Waals surface area contributed by atoms with Gasteiger partial charge >= 0.3 is 0 Å². The lowest BCUT2D eigenvalue weighted by Gasteiger charge is -2.19. The van der Waals surface area contributed by atoms with Gasteiger partial charge in [0.1, 0.15) is 12.1 Å². The Bertz CT molecular complexity index is 850. The number of aromatic nitrogens is 2. The summed E-state index contributed by atoms with van der Waals surface area (Å²) in [7, 11) is 0. The second kappa shape index (κ2) is 9.33. The largest absolute Gasteiger partial charge is 0.490 e. The molecule has 142 valence electrons. The lowest BCUT2D eigenvalue weighted by molar-refractivity contribution is 0.185. The fourth-order valence-electron chi connectivity index (χ4n) is 3.12. The molecule has 5 heteroatoms. The molecular weight excluding hydrogens is 336 g/mol. The molecule has 1 aromatic heterocycles. The molecule has 1 heterocycles. The Balaban J connectivity index is 1.57. The Morgan fingerprint density at radius 2 is 1.93 bits per heavy atom. The predicted octanol–water partition coefficient (Wildman–Crippen LogP) is 4.51. The van der Waals surface area contributed by atoms with Gasteiger partial charge in [0.05, 0.1) is 17.3 Å². The van der Waals surface area contributed by atoms with Crippen LogP contribution in [0.3, 0.4) is 0 Å². The normalized spacial score (nSPS) is 12.1. The molecular formula is C22H28N4O. The Hall–Kier alpha value is -2.66. The number of hydrogen-bond acceptors (Lipinski definition) is 5. The van der Waals surface area contributed by atoms with Gasteiger partial charge in [-0.25, -0.2) is 15.8 Å². The molecule has 27 heavy (non-hydrogen) atoms. The van der Waals surface area contributed by atoms with E-state index in [-0.39, 0.29) is 0 Å². The summed E-state index contributed by atoms with van der Waals surface area (Å²) >= 11 is 0. The van der Waals surface area contributed by atoms with E-state index >= 15 is 0 Å². The molecule has 0 spiro atoms. The third-order valence-corrected chi connectivity index (χ3v) is 4.75. The van der Waals surface area contributed by atoms with E-state index in [9.17, 15) is 0 Å². The summed E-state index contributed by atoms with van der Waals surface area (Å²) in [6, 6.07) is 14.3. The van der Waals surface area contributed by atoms with Gasteiger partial charge in [-0.15, -0.1) is 0 Å². The van der Waals surface area contributed by atoms with Gasteiger partial charge in [0.2, 0.25) is 0 Å². The minimum atomic E-state index is 0.303. The monoisotopic (exact) mass is 364 g/mol. The molecule has 1 atom stereocenters. The van der Waals surface area contributed by atoms with Crippen molar-refractivity contribution in [2.45, 2.75) is 45.6 Å². The van der Waals surface area contributed by atoms with Crippen molar-refractivity contribution in [3.63, 3.8) is 0 Å². The van der Waals surface area contributed by atoms with Crippen LogP contribution in [0.25, 0.3) is 10.9 Å². The number of ether oxygens (including phenoxy) is 1. The molecule has 0 bridgehead atoms. The van der Waals surface area contributed by atoms with Crippen molar-refractivity contribution in [3.05, 3.63) is 60.6 Å². The molecule has 0 amide bonds. The van der Waals surface area contributed by atoms with Crippen LogP contribution in [-0.4, -0.2) is 22.6 Å². The summed E-state index contributed by atoms with van der Waals surface area (Å²) in [6.07, 6.45) is 7.81. The molecule has 2 N–H and O–H groups in total. The van der Waals surface area contributed by atoms with Crippen molar-refractivity contribution in [2.24, 2.45) is 5.84 Å². The van der Waals surface area contributed by atoms with Crippen LogP contribution >= 0.6 is 0 Å². The van der Waals surface area contributed by atoms with Gasteiger partial charge in [-0.05, 0) is 55.2 Å². The average Bonchev–Trinajstić information content (AvgIpc) is 2.72. The summed E-state index contributed by atoms with van der Waals surface area (Å²) < 4.78 is 6.05. The van der Waals surface area contributed by atoms with Gasteiger partial charge in [-0.2, -0.15) is 0 Å². The van der Waals surface area contributed by atoms with E-state index in [0.717, 1.165) is 54.6 Å². The van der Waals surface area contributed by atoms with Gasteiger partial charge in [0.25, 0.3) is 0 Å². The topological polar surface area (TPSA) is 64.3 Å². The van der Waals surface area contributed by atoms with Crippen LogP contribution in [0.5, 0.6) is 5.75 Å². The van der Waals surface area contributed by atoms with E-state index in [4.69, 9.17) is 10.6 Å². The Labute approximate surface area is 161 Å². The van der Waals surface area contributed by atoms with E-state index in [2.05, 4.69) is 48.1 Å². The van der Waals surface area contributed by atoms with Crippen molar-refractivity contribution >= 4 is 16.6 Å². The highest BCUT2D eigenvalue weighted by Gasteiger charge is 2.08. The highest BCUT2D eigenvalue weighted by atomic mass is 16.5. The standard InChI is InChI=1S/C22H28N4O/c1-3-5-20(4-2)27-21-9-6-17(7-10-21)12-13-26(23)19-8-11-22-18(14-19)15-24-16-25-22/h6-11,14-16,20H,3-5,12-13,23H2,1-2H3. The number of hydrazine groups is 1. The van der Waals surface area contributed by atoms with Crippen molar-refractivity contribution in [1.29, 1.82) is 0 Å². The Kier molecular flexibility index (Phi) is 6.60. The van der Waals surface area contributed by atoms with Gasteiger partial charge in [-0.3, -0.25) is 0 Å². The lowest BCUT2D eigenvalue weighted by Crippen LogP contribution is -2.32. The van der Waals surface area contributed by atoms with Crippen LogP contribution in [0, 0.1) is 0 Å². The molecule has 0 saturated heterocycles. The number of nitrogens with two attached hydrogens (primary N) is 1. The van der Waals surface area contributed by atoms with Crippen molar-refractivity contribution in [3.8, 4) is 5.75 Å². The molecule has 5 nitrogen and oxygen atoms in total. The minimum Gasteiger partial charge on any atom is -0.490 e. The van der Waals surface area contributed by atoms with Crippen LogP contribution in [0.4, 0.5) is 5.69 Å². The van der Waals surface area contributed by atoms with Crippen molar-refractivity contribution in [1.82, 2.24) is 9.97 Å². The number of nitrogens with zero attached hydrogens (tertiary/aromatic N) is 3. The number of rotatable bonds is 9. The van der Waals surface area contributed by atoms with Gasteiger partial charge in [-0.1, -0.05) is 32.4 Å². The smallest absolute Gasteiger partial charge is 0.119 e. The van der Waals surface area contributed by atoms with E-state index in [1.54, 1.807) is 17.5 Å². The predicted molar refractivity (Wildman–Crippen MR) is 111 cm³/mol. The molecule has 0 aliphatic rings. The fourth-order valence-corrected chi connectivity index (χ4v) is 3.12. The summed E-state index contributed by atoms with van der Waals surface area (Å²) in [4.78, 5) is 8.31. The van der Waals surface area contributed by atoms with E-state index in [1.165, 1.54) is 5.56 Å². The third-order valence-electron chi connectivity index (χ3n) is 4.75. The van der Waals surface area contributed by atoms with Crippen LogP contribution < -0.4 is 15.6 Å². The number of anilines is 1. The first-order chi connectivity index (χ1) is 13.2. The summed E-state index contributed by atoms with van der Waals surface area (Å²) in [5.41, 5.74) is 3.12. The van der Waals surface area contributed by atoms with Crippen LogP contribution in [0.15, 0.2) is 55.0 Å². The lowest BCUT2D eigenvalue weighted by atomic mass is 10.1. The van der Waals surface area contributed by atoms with Crippen LogP contribution in [-0.2, 0) is 6.42 Å². The van der Waals surface area contributed by atoms with Gasteiger partial charge in [0, 0.05) is 18.1 Å². The van der Waals surface area contributed by atoms with Crippen molar-refractivity contribution < 1.29 is 4.74 Å². The van der Waals surface area contributed by atoms with Gasteiger partial charge < -0.3 is 9.75 Å². The molecule has 2 aromatic carbocycles. The van der Waals surface area contributed by atoms with E-state index in [0.29, 0.717) is 6.10 Å². The van der Waals surface area contributed by atoms with E-state index in [1.807, 2.05) is 18.2 Å². The first-order valence-electron chi connectivity index (χ1n) is 9.67. The Morgan fingerprint density at radius 1 is 1.11 bits per heavy atom. The second-order valence-electron chi connectivity index (χ2n) is 6.79. The Morgan fingerprint density at radius 3 is 2.67 bits per heavy atom. The van der Waals surface area contributed by atoms with Gasteiger partial charge in [0.15, 0.2) is 0 Å². The quantitative estimate of drug-likeness (QED) is 0.447. The van der Waals surface area contributed by atoms with Crippen LogP contribution in [0.2, 0.25) is 0 Å². The average molecular weight is 364 g/mol. The molecule has 0 fully saturated rings.